The fourth-order valence-corrected chi connectivity index (χ4v) is 5.60. The zero-order chi connectivity index (χ0) is 16.2. The summed E-state index contributed by atoms with van der Waals surface area (Å²) in [7, 11) is 0.568. The molecule has 1 aliphatic carbocycles. The third-order valence-electron chi connectivity index (χ3n) is 5.28. The van der Waals surface area contributed by atoms with E-state index < -0.39 is 10.0 Å². The molecule has 7 nitrogen and oxygen atoms in total. The number of fused-ring (bicyclic) bond motifs is 1. The van der Waals surface area contributed by atoms with Crippen molar-refractivity contribution in [1.82, 2.24) is 15.0 Å². The second kappa shape index (κ2) is 4.91. The van der Waals surface area contributed by atoms with Gasteiger partial charge in [0.25, 0.3) is 10.0 Å². The molecule has 0 aromatic carbocycles. The Morgan fingerprint density at radius 1 is 1.26 bits per heavy atom. The van der Waals surface area contributed by atoms with Crippen LogP contribution in [0.25, 0.3) is 11.0 Å². The van der Waals surface area contributed by atoms with E-state index in [1.807, 2.05) is 26.4 Å². The molecule has 124 valence electrons. The van der Waals surface area contributed by atoms with E-state index in [4.69, 9.17) is 0 Å². The molecule has 2 aliphatic rings. The van der Waals surface area contributed by atoms with E-state index in [1.165, 1.54) is 0 Å². The highest BCUT2D eigenvalue weighted by Gasteiger charge is 2.52. The fourth-order valence-electron chi connectivity index (χ4n) is 3.51. The fraction of sp³-hybridized carbons (Fsp3) is 0.600. The number of anilines is 1. The van der Waals surface area contributed by atoms with Crippen molar-refractivity contribution < 1.29 is 12.3 Å². The van der Waals surface area contributed by atoms with E-state index in [0.717, 1.165) is 42.7 Å². The number of aromatic nitrogens is 3. The number of nitrogens with zero attached hydrogens (tertiary/aromatic N) is 4. The molecule has 1 saturated carbocycles. The van der Waals surface area contributed by atoms with Gasteiger partial charge in [-0.3, -0.25) is 0 Å². The molecule has 0 spiro atoms. The quantitative estimate of drug-likeness (QED) is 0.846. The molecule has 1 aliphatic heterocycles. The van der Waals surface area contributed by atoms with Crippen LogP contribution in [0.3, 0.4) is 0 Å². The summed E-state index contributed by atoms with van der Waals surface area (Å²) in [5, 5.41) is 0.852. The SMILES string of the molecule is C[N+](C)(C1CCN(c2ncnc3[nH]ccc23)C1)S(=O)(=O)C1CC1. The lowest BCUT2D eigenvalue weighted by Gasteiger charge is -2.34. The van der Waals surface area contributed by atoms with Gasteiger partial charge < -0.3 is 9.88 Å². The maximum atomic E-state index is 12.7. The van der Waals surface area contributed by atoms with Gasteiger partial charge in [0.2, 0.25) is 0 Å². The van der Waals surface area contributed by atoms with Crippen molar-refractivity contribution in [2.75, 3.05) is 32.1 Å². The minimum Gasteiger partial charge on any atom is -0.350 e. The zero-order valence-corrected chi connectivity index (χ0v) is 14.3. The summed E-state index contributed by atoms with van der Waals surface area (Å²) >= 11 is 0. The Hall–Kier alpha value is -1.67. The van der Waals surface area contributed by atoms with Gasteiger partial charge in [-0.15, -0.1) is 0 Å². The van der Waals surface area contributed by atoms with Crippen LogP contribution >= 0.6 is 0 Å². The predicted octanol–water partition coefficient (Wildman–Crippen LogP) is 1.11. The summed E-state index contributed by atoms with van der Waals surface area (Å²) < 4.78 is 25.6. The van der Waals surface area contributed by atoms with Gasteiger partial charge in [0.05, 0.1) is 26.0 Å². The highest BCUT2D eigenvalue weighted by Crippen LogP contribution is 2.37. The molecule has 2 aromatic rings. The first-order chi connectivity index (χ1) is 10.9. The van der Waals surface area contributed by atoms with Crippen LogP contribution in [0.1, 0.15) is 19.3 Å². The van der Waals surface area contributed by atoms with Crippen molar-refractivity contribution in [2.45, 2.75) is 30.6 Å². The first-order valence-corrected chi connectivity index (χ1v) is 9.52. The number of sulfonamides is 1. The normalized spacial score (nSPS) is 22.9. The molecule has 1 atom stereocenters. The lowest BCUT2D eigenvalue weighted by Crippen LogP contribution is -2.55. The molecule has 4 rings (SSSR count). The number of nitrogens with one attached hydrogen (secondary N) is 1. The van der Waals surface area contributed by atoms with Crippen LogP contribution in [-0.4, -0.2) is 65.7 Å². The molecular weight excluding hydrogens is 314 g/mol. The zero-order valence-electron chi connectivity index (χ0n) is 13.4. The minimum atomic E-state index is -3.11. The van der Waals surface area contributed by atoms with E-state index in [1.54, 1.807) is 6.33 Å². The number of H-pyrrole nitrogens is 1. The number of likely N-dealkylation sites (N-methyl/N-ethyl adjacent to an activating group) is 1. The maximum Gasteiger partial charge on any atom is 0.299 e. The molecule has 23 heavy (non-hydrogen) atoms. The van der Waals surface area contributed by atoms with Gasteiger partial charge in [-0.25, -0.2) is 13.9 Å². The van der Waals surface area contributed by atoms with Crippen molar-refractivity contribution in [1.29, 1.82) is 0 Å². The van der Waals surface area contributed by atoms with Crippen molar-refractivity contribution in [3.63, 3.8) is 0 Å². The Morgan fingerprint density at radius 3 is 2.78 bits per heavy atom. The topological polar surface area (TPSA) is 79.0 Å². The molecule has 0 bridgehead atoms. The standard InChI is InChI=1S/C15H22N5O2S/c1-20(2,23(21,22)12-3-4-12)11-6-8-19(9-11)15-13-5-7-16-14(13)17-10-18-15/h5,7,10-12H,3-4,6,8-9H2,1-2H3,(H,16,17,18)/q+1. The summed E-state index contributed by atoms with van der Waals surface area (Å²) in [6, 6.07) is 2.04. The van der Waals surface area contributed by atoms with Crippen LogP contribution in [0.2, 0.25) is 0 Å². The first-order valence-electron chi connectivity index (χ1n) is 8.02. The number of quaternary nitrogens is 1. The van der Waals surface area contributed by atoms with Crippen molar-refractivity contribution >= 4 is 26.9 Å². The molecule has 1 saturated heterocycles. The molecule has 2 aromatic heterocycles. The predicted molar refractivity (Wildman–Crippen MR) is 88.6 cm³/mol. The molecule has 1 unspecified atom stereocenters. The second-order valence-corrected chi connectivity index (χ2v) is 9.61. The average molecular weight is 336 g/mol. The smallest absolute Gasteiger partial charge is 0.299 e. The van der Waals surface area contributed by atoms with Gasteiger partial charge in [-0.05, 0) is 18.9 Å². The van der Waals surface area contributed by atoms with Crippen LogP contribution in [0.5, 0.6) is 0 Å². The van der Waals surface area contributed by atoms with Crippen molar-refractivity contribution in [3.05, 3.63) is 18.6 Å². The van der Waals surface area contributed by atoms with E-state index in [2.05, 4.69) is 19.9 Å². The third-order valence-corrected chi connectivity index (χ3v) is 8.20. The Kier molecular flexibility index (Phi) is 3.18. The van der Waals surface area contributed by atoms with Crippen LogP contribution in [0, 0.1) is 0 Å². The van der Waals surface area contributed by atoms with Crippen LogP contribution in [0.15, 0.2) is 18.6 Å². The van der Waals surface area contributed by atoms with Crippen molar-refractivity contribution in [2.24, 2.45) is 0 Å². The Bertz CT molecular complexity index is 840. The number of hydrogen-bond donors (Lipinski definition) is 1. The summed E-state index contributed by atoms with van der Waals surface area (Å²) in [6.45, 7) is 1.53. The lowest BCUT2D eigenvalue weighted by atomic mass is 10.2. The van der Waals surface area contributed by atoms with Gasteiger partial charge in [-0.1, -0.05) is 0 Å². The molecule has 2 fully saturated rings. The van der Waals surface area contributed by atoms with E-state index in [0.29, 0.717) is 6.54 Å². The molecule has 8 heteroatoms. The van der Waals surface area contributed by atoms with Crippen LogP contribution in [-0.2, 0) is 10.0 Å². The number of rotatable bonds is 4. The largest absolute Gasteiger partial charge is 0.350 e. The molecule has 0 amide bonds. The molecule has 0 radical (unpaired) electrons. The molecule has 1 N–H and O–H groups in total. The monoisotopic (exact) mass is 336 g/mol. The van der Waals surface area contributed by atoms with E-state index in [-0.39, 0.29) is 15.2 Å². The van der Waals surface area contributed by atoms with Crippen molar-refractivity contribution in [3.8, 4) is 0 Å². The van der Waals surface area contributed by atoms with Gasteiger partial charge in [0, 0.05) is 19.2 Å². The summed E-state index contributed by atoms with van der Waals surface area (Å²) in [5.41, 5.74) is 0.817. The summed E-state index contributed by atoms with van der Waals surface area (Å²) in [6.07, 6.45) is 5.90. The molecule has 3 heterocycles. The van der Waals surface area contributed by atoms with E-state index in [9.17, 15) is 8.42 Å². The highest BCUT2D eigenvalue weighted by molar-refractivity contribution is 7.86. The van der Waals surface area contributed by atoms with Crippen LogP contribution in [0.4, 0.5) is 5.82 Å². The average Bonchev–Trinajstić information content (AvgIpc) is 3.08. The van der Waals surface area contributed by atoms with Gasteiger partial charge >= 0.3 is 0 Å². The maximum absolute atomic E-state index is 12.7. The Labute approximate surface area is 136 Å². The minimum absolute atomic E-state index is 0.0737. The lowest BCUT2D eigenvalue weighted by molar-refractivity contribution is -0.788. The Balaban J connectivity index is 1.61. The number of hydrogen-bond acceptors (Lipinski definition) is 5. The van der Waals surface area contributed by atoms with E-state index >= 15 is 0 Å². The van der Waals surface area contributed by atoms with Gasteiger partial charge in [0.15, 0.2) is 0 Å². The summed E-state index contributed by atoms with van der Waals surface area (Å²) in [5.74, 6) is 0.891. The number of aromatic amines is 1. The van der Waals surface area contributed by atoms with Gasteiger partial charge in [-0.2, -0.15) is 8.42 Å². The Morgan fingerprint density at radius 2 is 2.04 bits per heavy atom. The molecular formula is C15H22N5O2S+. The highest BCUT2D eigenvalue weighted by atomic mass is 32.2. The third kappa shape index (κ3) is 2.23. The second-order valence-electron chi connectivity index (χ2n) is 6.97. The first kappa shape index (κ1) is 14.9. The van der Waals surface area contributed by atoms with Gasteiger partial charge in [0.1, 0.15) is 29.1 Å². The summed E-state index contributed by atoms with van der Waals surface area (Å²) in [4.78, 5) is 13.9. The van der Waals surface area contributed by atoms with Crippen LogP contribution < -0.4 is 4.90 Å².